The van der Waals surface area contributed by atoms with Crippen LogP contribution in [0.3, 0.4) is 0 Å². The maximum Gasteiger partial charge on any atom is 0.317 e. The molecule has 0 aliphatic carbocycles. The Morgan fingerprint density at radius 3 is 2.86 bits per heavy atom. The summed E-state index contributed by atoms with van der Waals surface area (Å²) in [6.07, 6.45) is 0.721. The number of likely N-dealkylation sites (N-methyl/N-ethyl adjacent to an activating group) is 1. The first-order valence-electron chi connectivity index (χ1n) is 6.82. The molecule has 0 amide bonds. The molecular weight excluding hydrogens is 268 g/mol. The Bertz CT molecular complexity index is 687. The second kappa shape index (κ2) is 6.37. The Balaban J connectivity index is 2.49. The zero-order valence-corrected chi connectivity index (χ0v) is 12.2. The van der Waals surface area contributed by atoms with E-state index < -0.39 is 5.97 Å². The monoisotopic (exact) mass is 286 g/mol. The van der Waals surface area contributed by atoms with Gasteiger partial charge in [-0.3, -0.25) is 9.69 Å². The normalized spacial score (nSPS) is 12.5. The molecule has 0 bridgehead atoms. The second-order valence-corrected chi connectivity index (χ2v) is 4.94. The lowest BCUT2D eigenvalue weighted by atomic mass is 10.2. The number of hydrogen-bond acceptors (Lipinski definition) is 4. The van der Waals surface area contributed by atoms with Crippen molar-refractivity contribution in [2.45, 2.75) is 25.9 Å². The number of carbonyl (C=O) groups is 1. The second-order valence-electron chi connectivity index (χ2n) is 4.94. The van der Waals surface area contributed by atoms with Crippen molar-refractivity contribution in [3.05, 3.63) is 30.1 Å². The summed E-state index contributed by atoms with van der Waals surface area (Å²) in [5.41, 5.74) is 1.72. The highest BCUT2D eigenvalue weighted by Crippen LogP contribution is 2.26. The summed E-state index contributed by atoms with van der Waals surface area (Å²) >= 11 is 0. The number of carboxylic acids is 1. The zero-order chi connectivity index (χ0) is 15.4. The number of nitrogens with zero attached hydrogens (tertiary/aromatic N) is 4. The van der Waals surface area contributed by atoms with E-state index in [9.17, 15) is 4.79 Å². The van der Waals surface area contributed by atoms with E-state index in [0.717, 1.165) is 23.3 Å². The first-order chi connectivity index (χ1) is 10.1. The molecule has 0 radical (unpaired) electrons. The van der Waals surface area contributed by atoms with Gasteiger partial charge < -0.3 is 9.67 Å². The highest BCUT2D eigenvalue weighted by molar-refractivity contribution is 5.76. The molecule has 1 N–H and O–H groups in total. The Hall–Kier alpha value is -2.39. The molecule has 0 aliphatic rings. The number of fused-ring (bicyclic) bond motifs is 1. The number of para-hydroxylation sites is 2. The SMILES string of the molecule is CCC(c1nc2ccccc2n1CC#N)N(C)CC(=O)O. The van der Waals surface area contributed by atoms with Crippen LogP contribution in [0.25, 0.3) is 11.0 Å². The summed E-state index contributed by atoms with van der Waals surface area (Å²) in [5.74, 6) is -0.136. The number of imidazole rings is 1. The van der Waals surface area contributed by atoms with Gasteiger partial charge in [-0.2, -0.15) is 5.26 Å². The van der Waals surface area contributed by atoms with E-state index in [2.05, 4.69) is 11.1 Å². The summed E-state index contributed by atoms with van der Waals surface area (Å²) in [5, 5.41) is 18.0. The number of hydrogen-bond donors (Lipinski definition) is 1. The van der Waals surface area contributed by atoms with Crippen molar-refractivity contribution in [3.63, 3.8) is 0 Å². The predicted octanol–water partition coefficient (Wildman–Crippen LogP) is 2.03. The molecule has 0 saturated heterocycles. The largest absolute Gasteiger partial charge is 0.480 e. The minimum atomic E-state index is -0.876. The van der Waals surface area contributed by atoms with Crippen LogP contribution in [0, 0.1) is 11.3 Å². The molecule has 1 heterocycles. The van der Waals surface area contributed by atoms with Gasteiger partial charge in [0.05, 0.1) is 29.7 Å². The third-order valence-electron chi connectivity index (χ3n) is 3.51. The molecule has 0 spiro atoms. The van der Waals surface area contributed by atoms with Crippen LogP contribution in [0.15, 0.2) is 24.3 Å². The molecule has 6 heteroatoms. The van der Waals surface area contributed by atoms with Gasteiger partial charge in [0.15, 0.2) is 0 Å². The number of aliphatic carboxylic acids is 1. The average Bonchev–Trinajstić information content (AvgIpc) is 2.78. The highest BCUT2D eigenvalue weighted by Gasteiger charge is 2.23. The standard InChI is InChI=1S/C15H18N4O2/c1-3-12(18(2)10-14(20)21)15-17-11-6-4-5-7-13(11)19(15)9-8-16/h4-7,12H,3,9-10H2,1-2H3,(H,20,21). The van der Waals surface area contributed by atoms with Gasteiger partial charge in [-0.1, -0.05) is 19.1 Å². The minimum absolute atomic E-state index is 0.0612. The maximum absolute atomic E-state index is 10.9. The van der Waals surface area contributed by atoms with Crippen LogP contribution in [0.2, 0.25) is 0 Å². The lowest BCUT2D eigenvalue weighted by Gasteiger charge is -2.25. The molecular formula is C15H18N4O2. The molecule has 21 heavy (non-hydrogen) atoms. The molecule has 0 saturated carbocycles. The van der Waals surface area contributed by atoms with E-state index in [0.29, 0.717) is 0 Å². The van der Waals surface area contributed by atoms with Crippen molar-refractivity contribution in [1.29, 1.82) is 5.26 Å². The zero-order valence-electron chi connectivity index (χ0n) is 12.2. The fraction of sp³-hybridized carbons (Fsp3) is 0.400. The van der Waals surface area contributed by atoms with Gasteiger partial charge in [-0.05, 0) is 25.6 Å². The lowest BCUT2D eigenvalue weighted by Crippen LogP contribution is -2.31. The Morgan fingerprint density at radius 1 is 1.52 bits per heavy atom. The van der Waals surface area contributed by atoms with Gasteiger partial charge >= 0.3 is 5.97 Å². The van der Waals surface area contributed by atoms with E-state index in [1.54, 1.807) is 11.9 Å². The molecule has 2 aromatic rings. The van der Waals surface area contributed by atoms with Gasteiger partial charge in [0.25, 0.3) is 0 Å². The van der Waals surface area contributed by atoms with Crippen LogP contribution in [0.4, 0.5) is 0 Å². The van der Waals surface area contributed by atoms with Gasteiger partial charge in [-0.15, -0.1) is 0 Å². The maximum atomic E-state index is 10.9. The summed E-state index contributed by atoms with van der Waals surface area (Å²) < 4.78 is 1.86. The van der Waals surface area contributed by atoms with Crippen LogP contribution >= 0.6 is 0 Å². The predicted molar refractivity (Wildman–Crippen MR) is 78.6 cm³/mol. The summed E-state index contributed by atoms with van der Waals surface area (Å²) in [7, 11) is 1.76. The Kier molecular flexibility index (Phi) is 4.55. The van der Waals surface area contributed by atoms with E-state index in [1.807, 2.05) is 35.8 Å². The number of carboxylic acid groups (broad SMARTS) is 1. The van der Waals surface area contributed by atoms with E-state index in [-0.39, 0.29) is 19.1 Å². The van der Waals surface area contributed by atoms with Crippen molar-refractivity contribution in [2.24, 2.45) is 0 Å². The average molecular weight is 286 g/mol. The first-order valence-corrected chi connectivity index (χ1v) is 6.82. The Labute approximate surface area is 123 Å². The molecule has 1 atom stereocenters. The topological polar surface area (TPSA) is 82.2 Å². The number of aromatic nitrogens is 2. The molecule has 1 aromatic heterocycles. The fourth-order valence-corrected chi connectivity index (χ4v) is 2.60. The van der Waals surface area contributed by atoms with Gasteiger partial charge in [0, 0.05) is 0 Å². The highest BCUT2D eigenvalue weighted by atomic mass is 16.4. The molecule has 1 unspecified atom stereocenters. The summed E-state index contributed by atoms with van der Waals surface area (Å²) in [6, 6.07) is 9.64. The van der Waals surface area contributed by atoms with E-state index in [4.69, 9.17) is 10.4 Å². The molecule has 0 fully saturated rings. The van der Waals surface area contributed by atoms with Crippen LogP contribution in [-0.2, 0) is 11.3 Å². The third kappa shape index (κ3) is 3.03. The fourth-order valence-electron chi connectivity index (χ4n) is 2.60. The molecule has 1 aromatic carbocycles. The minimum Gasteiger partial charge on any atom is -0.480 e. The summed E-state index contributed by atoms with van der Waals surface area (Å²) in [4.78, 5) is 17.3. The van der Waals surface area contributed by atoms with E-state index >= 15 is 0 Å². The summed E-state index contributed by atoms with van der Waals surface area (Å²) in [6.45, 7) is 2.13. The van der Waals surface area contributed by atoms with Gasteiger partial charge in [0.1, 0.15) is 12.4 Å². The molecule has 2 rings (SSSR count). The molecule has 110 valence electrons. The first kappa shape index (κ1) is 15.0. The number of rotatable bonds is 6. The van der Waals surface area contributed by atoms with E-state index in [1.165, 1.54) is 0 Å². The number of nitriles is 1. The molecule has 0 aliphatic heterocycles. The van der Waals surface area contributed by atoms with Crippen molar-refractivity contribution in [2.75, 3.05) is 13.6 Å². The molecule has 6 nitrogen and oxygen atoms in total. The number of benzene rings is 1. The van der Waals surface area contributed by atoms with Crippen LogP contribution in [-0.4, -0.2) is 39.1 Å². The quantitative estimate of drug-likeness (QED) is 0.878. The van der Waals surface area contributed by atoms with Crippen LogP contribution in [0.1, 0.15) is 25.2 Å². The van der Waals surface area contributed by atoms with Crippen molar-refractivity contribution < 1.29 is 9.90 Å². The lowest BCUT2D eigenvalue weighted by molar-refractivity contribution is -0.138. The van der Waals surface area contributed by atoms with Gasteiger partial charge in [-0.25, -0.2) is 4.98 Å². The van der Waals surface area contributed by atoms with Crippen molar-refractivity contribution >= 4 is 17.0 Å². The third-order valence-corrected chi connectivity index (χ3v) is 3.51. The smallest absolute Gasteiger partial charge is 0.317 e. The van der Waals surface area contributed by atoms with Crippen LogP contribution in [0.5, 0.6) is 0 Å². The van der Waals surface area contributed by atoms with Crippen molar-refractivity contribution in [3.8, 4) is 6.07 Å². The Morgan fingerprint density at radius 2 is 2.24 bits per heavy atom. The van der Waals surface area contributed by atoms with Crippen molar-refractivity contribution in [1.82, 2.24) is 14.5 Å². The van der Waals surface area contributed by atoms with Crippen LogP contribution < -0.4 is 0 Å². The van der Waals surface area contributed by atoms with Gasteiger partial charge in [0.2, 0.25) is 0 Å².